The third-order valence-electron chi connectivity index (χ3n) is 5.99. The van der Waals surface area contributed by atoms with Crippen molar-refractivity contribution in [3.63, 3.8) is 0 Å². The van der Waals surface area contributed by atoms with E-state index in [-0.39, 0.29) is 29.9 Å². The maximum absolute atomic E-state index is 12.6. The molecule has 0 radical (unpaired) electrons. The van der Waals surface area contributed by atoms with E-state index in [1.165, 1.54) is 18.0 Å². The zero-order valence-electron chi connectivity index (χ0n) is 20.5. The van der Waals surface area contributed by atoms with Gasteiger partial charge in [-0.25, -0.2) is 14.8 Å². The SMILES string of the molecule is CC(=O)N(Cc1cnc2nc(N)nc(N)c2n1)c1ccc(OC(=O)C(N)Cc2c[nH]c3ccccc23)cc1. The molecule has 192 valence electrons. The highest BCUT2D eigenvalue weighted by Gasteiger charge is 2.20. The molecule has 38 heavy (non-hydrogen) atoms. The van der Waals surface area contributed by atoms with Gasteiger partial charge in [-0.1, -0.05) is 18.2 Å². The van der Waals surface area contributed by atoms with Crippen LogP contribution >= 0.6 is 0 Å². The van der Waals surface area contributed by atoms with Gasteiger partial charge < -0.3 is 31.8 Å². The van der Waals surface area contributed by atoms with Crippen LogP contribution in [0.5, 0.6) is 5.75 Å². The highest BCUT2D eigenvalue weighted by Crippen LogP contribution is 2.23. The Morgan fingerprint density at radius 3 is 2.58 bits per heavy atom. The summed E-state index contributed by atoms with van der Waals surface area (Å²) in [5, 5.41) is 1.01. The number of H-pyrrole nitrogens is 1. The summed E-state index contributed by atoms with van der Waals surface area (Å²) in [6.45, 7) is 1.56. The van der Waals surface area contributed by atoms with Gasteiger partial charge >= 0.3 is 5.97 Å². The van der Waals surface area contributed by atoms with Crippen LogP contribution in [0.25, 0.3) is 22.1 Å². The molecular weight excluding hydrogens is 486 g/mol. The van der Waals surface area contributed by atoms with Crippen LogP contribution in [0.3, 0.4) is 0 Å². The van der Waals surface area contributed by atoms with Crippen molar-refractivity contribution >= 4 is 51.4 Å². The molecule has 5 aromatic rings. The van der Waals surface area contributed by atoms with E-state index in [2.05, 4.69) is 24.9 Å². The summed E-state index contributed by atoms with van der Waals surface area (Å²) in [5.41, 5.74) is 21.2. The molecule has 1 atom stereocenters. The number of nitrogen functional groups attached to an aromatic ring is 2. The highest BCUT2D eigenvalue weighted by atomic mass is 16.5. The van der Waals surface area contributed by atoms with Gasteiger partial charge in [0.2, 0.25) is 11.9 Å². The maximum atomic E-state index is 12.6. The van der Waals surface area contributed by atoms with Gasteiger partial charge in [0.25, 0.3) is 0 Å². The Bertz CT molecular complexity index is 1650. The number of ether oxygens (including phenoxy) is 1. The molecule has 0 saturated carbocycles. The molecule has 2 aromatic carbocycles. The number of nitrogens with zero attached hydrogens (tertiary/aromatic N) is 5. The number of anilines is 3. The zero-order chi connectivity index (χ0) is 26.8. The summed E-state index contributed by atoms with van der Waals surface area (Å²) in [4.78, 5) is 46.3. The number of rotatable bonds is 7. The lowest BCUT2D eigenvalue weighted by atomic mass is 10.1. The summed E-state index contributed by atoms with van der Waals surface area (Å²) in [5.74, 6) is -0.366. The first-order valence-corrected chi connectivity index (χ1v) is 11.7. The van der Waals surface area contributed by atoms with E-state index in [1.54, 1.807) is 24.3 Å². The fraction of sp³-hybridized carbons (Fsp3) is 0.154. The predicted molar refractivity (Wildman–Crippen MR) is 143 cm³/mol. The van der Waals surface area contributed by atoms with Gasteiger partial charge in [0.1, 0.15) is 11.8 Å². The Kier molecular flexibility index (Phi) is 6.54. The molecule has 0 aliphatic heterocycles. The molecule has 3 heterocycles. The molecule has 0 bridgehead atoms. The van der Waals surface area contributed by atoms with Crippen molar-refractivity contribution in [2.45, 2.75) is 25.9 Å². The van der Waals surface area contributed by atoms with E-state index in [0.29, 0.717) is 29.1 Å². The fourth-order valence-corrected chi connectivity index (χ4v) is 4.11. The molecule has 1 unspecified atom stereocenters. The number of amides is 1. The fourth-order valence-electron chi connectivity index (χ4n) is 4.11. The Morgan fingerprint density at radius 2 is 1.82 bits per heavy atom. The first kappa shape index (κ1) is 24.6. The van der Waals surface area contributed by atoms with Crippen LogP contribution < -0.4 is 26.8 Å². The molecule has 7 N–H and O–H groups in total. The Morgan fingerprint density at radius 1 is 1.05 bits per heavy atom. The average molecular weight is 512 g/mol. The van der Waals surface area contributed by atoms with Crippen molar-refractivity contribution < 1.29 is 14.3 Å². The molecule has 5 rings (SSSR count). The van der Waals surface area contributed by atoms with E-state index in [0.717, 1.165) is 16.5 Å². The number of carbonyl (C=O) groups is 2. The van der Waals surface area contributed by atoms with Crippen molar-refractivity contribution in [3.8, 4) is 5.75 Å². The molecular formula is C26H25N9O3. The maximum Gasteiger partial charge on any atom is 0.328 e. The van der Waals surface area contributed by atoms with Gasteiger partial charge in [0.05, 0.1) is 18.4 Å². The summed E-state index contributed by atoms with van der Waals surface area (Å²) in [6.07, 6.45) is 3.67. The summed E-state index contributed by atoms with van der Waals surface area (Å²) in [6, 6.07) is 13.5. The lowest BCUT2D eigenvalue weighted by Gasteiger charge is -2.21. The molecule has 0 aliphatic carbocycles. The minimum Gasteiger partial charge on any atom is -0.425 e. The highest BCUT2D eigenvalue weighted by molar-refractivity contribution is 5.91. The van der Waals surface area contributed by atoms with Crippen LogP contribution in [-0.2, 0) is 22.6 Å². The Balaban J connectivity index is 1.27. The lowest BCUT2D eigenvalue weighted by molar-refractivity contribution is -0.135. The van der Waals surface area contributed by atoms with E-state index in [1.807, 2.05) is 30.5 Å². The topological polar surface area (TPSA) is 192 Å². The summed E-state index contributed by atoms with van der Waals surface area (Å²) < 4.78 is 5.48. The molecule has 0 saturated heterocycles. The van der Waals surface area contributed by atoms with Crippen molar-refractivity contribution in [1.82, 2.24) is 24.9 Å². The zero-order valence-corrected chi connectivity index (χ0v) is 20.5. The van der Waals surface area contributed by atoms with Gasteiger partial charge in [0, 0.05) is 36.1 Å². The minimum absolute atomic E-state index is 0.00197. The molecule has 12 heteroatoms. The monoisotopic (exact) mass is 511 g/mol. The van der Waals surface area contributed by atoms with Crippen LogP contribution in [0, 0.1) is 0 Å². The van der Waals surface area contributed by atoms with Crippen molar-refractivity contribution in [2.24, 2.45) is 5.73 Å². The van der Waals surface area contributed by atoms with Crippen molar-refractivity contribution in [3.05, 3.63) is 72.2 Å². The van der Waals surface area contributed by atoms with Gasteiger partial charge in [-0.2, -0.15) is 9.97 Å². The van der Waals surface area contributed by atoms with E-state index in [9.17, 15) is 9.59 Å². The molecule has 12 nitrogen and oxygen atoms in total. The molecule has 0 fully saturated rings. The minimum atomic E-state index is -0.846. The van der Waals surface area contributed by atoms with Gasteiger partial charge in [-0.15, -0.1) is 0 Å². The molecule has 1 amide bonds. The third-order valence-corrected chi connectivity index (χ3v) is 5.99. The number of hydrogen-bond donors (Lipinski definition) is 4. The molecule has 3 aromatic heterocycles. The number of nitrogens with two attached hydrogens (primary N) is 3. The van der Waals surface area contributed by atoms with Crippen LogP contribution in [-0.4, -0.2) is 42.8 Å². The van der Waals surface area contributed by atoms with Crippen molar-refractivity contribution in [1.29, 1.82) is 0 Å². The average Bonchev–Trinajstić information content (AvgIpc) is 3.30. The summed E-state index contributed by atoms with van der Waals surface area (Å²) >= 11 is 0. The van der Waals surface area contributed by atoms with Gasteiger partial charge in [-0.3, -0.25) is 4.79 Å². The first-order valence-electron chi connectivity index (χ1n) is 11.7. The number of esters is 1. The second-order valence-electron chi connectivity index (χ2n) is 8.69. The number of carbonyl (C=O) groups excluding carboxylic acids is 2. The Hall–Kier alpha value is -5.10. The van der Waals surface area contributed by atoms with Crippen LogP contribution in [0.2, 0.25) is 0 Å². The van der Waals surface area contributed by atoms with Crippen LogP contribution in [0.4, 0.5) is 17.5 Å². The number of benzene rings is 2. The molecule has 0 aliphatic rings. The molecule has 0 spiro atoms. The number of aromatic nitrogens is 5. The van der Waals surface area contributed by atoms with Crippen LogP contribution in [0.1, 0.15) is 18.2 Å². The van der Waals surface area contributed by atoms with E-state index in [4.69, 9.17) is 21.9 Å². The largest absolute Gasteiger partial charge is 0.425 e. The number of hydrogen-bond acceptors (Lipinski definition) is 10. The van der Waals surface area contributed by atoms with Crippen LogP contribution in [0.15, 0.2) is 60.9 Å². The first-order chi connectivity index (χ1) is 18.3. The Labute approximate surface area is 216 Å². The summed E-state index contributed by atoms with van der Waals surface area (Å²) in [7, 11) is 0. The second kappa shape index (κ2) is 10.1. The standard InChI is InChI=1S/C26H25N9O3/c1-14(36)35(13-16-12-31-24-22(32-16)23(28)33-26(29)34-24)17-6-8-18(9-7-17)38-25(37)20(27)10-15-11-30-21-5-3-2-4-19(15)21/h2-9,11-12,20,30H,10,13,27H2,1H3,(H4,28,29,31,33,34). The predicted octanol–water partition coefficient (Wildman–Crippen LogP) is 2.09. The third kappa shape index (κ3) is 5.06. The van der Waals surface area contributed by atoms with Crippen molar-refractivity contribution in [2.75, 3.05) is 16.4 Å². The van der Waals surface area contributed by atoms with E-state index < -0.39 is 12.0 Å². The van der Waals surface area contributed by atoms with E-state index >= 15 is 0 Å². The van der Waals surface area contributed by atoms with Gasteiger partial charge in [0.15, 0.2) is 17.0 Å². The second-order valence-corrected chi connectivity index (χ2v) is 8.69. The number of nitrogens with one attached hydrogen (secondary N) is 1. The normalized spacial score (nSPS) is 11.9. The number of para-hydroxylation sites is 1. The smallest absolute Gasteiger partial charge is 0.328 e. The lowest BCUT2D eigenvalue weighted by Crippen LogP contribution is -2.36. The quantitative estimate of drug-likeness (QED) is 0.186. The van der Waals surface area contributed by atoms with Gasteiger partial charge in [-0.05, 0) is 35.9 Å². The number of fused-ring (bicyclic) bond motifs is 2. The number of aromatic amines is 1.